The van der Waals surface area contributed by atoms with Crippen molar-refractivity contribution in [1.82, 2.24) is 19.8 Å². The maximum Gasteiger partial charge on any atom is 0.291 e. The maximum atomic E-state index is 13.8. The highest BCUT2D eigenvalue weighted by atomic mass is 32.2. The molecule has 1 fully saturated rings. The second kappa shape index (κ2) is 15.8. The third kappa shape index (κ3) is 8.22. The molecule has 3 aliphatic rings. The van der Waals surface area contributed by atoms with E-state index in [0.717, 1.165) is 23.8 Å². The van der Waals surface area contributed by atoms with E-state index in [1.807, 2.05) is 31.7 Å². The number of carbonyl (C=O) groups excluding carboxylic acids is 4. The highest BCUT2D eigenvalue weighted by molar-refractivity contribution is 8.14. The van der Waals surface area contributed by atoms with E-state index in [9.17, 15) is 24.3 Å². The molecule has 6 atom stereocenters. The molecule has 2 aliphatic heterocycles. The van der Waals surface area contributed by atoms with Crippen molar-refractivity contribution in [2.24, 2.45) is 11.8 Å². The number of ether oxygens (including phenoxy) is 2. The molecule has 0 aromatic carbocycles. The molecule has 0 spiro atoms. The van der Waals surface area contributed by atoms with Crippen LogP contribution in [0.2, 0.25) is 0 Å². The number of aliphatic hydroxyl groups excluding tert-OH is 1. The molecular weight excluding hydrogens is 608 g/mol. The lowest BCUT2D eigenvalue weighted by molar-refractivity contribution is -0.120. The number of allylic oxidation sites excluding steroid dienone is 4. The van der Waals surface area contributed by atoms with Crippen LogP contribution in [-0.4, -0.2) is 93.1 Å². The summed E-state index contributed by atoms with van der Waals surface area (Å²) in [5.74, 6) is -1.82. The number of thioether (sulfide) groups is 1. The molecule has 11 nitrogen and oxygen atoms in total. The average molecular weight is 653 g/mol. The summed E-state index contributed by atoms with van der Waals surface area (Å²) in [5, 5.41) is 13.7. The minimum absolute atomic E-state index is 0.0520. The zero-order valence-corrected chi connectivity index (χ0v) is 28.1. The van der Waals surface area contributed by atoms with Gasteiger partial charge in [0.25, 0.3) is 11.1 Å². The van der Waals surface area contributed by atoms with E-state index in [1.165, 1.54) is 30.3 Å². The highest BCUT2D eigenvalue weighted by Gasteiger charge is 2.38. The Morgan fingerprint density at radius 2 is 1.87 bits per heavy atom. The SMILES string of the molecule is CO[C@H]1C[C@H](C)CC2=C(N3CCC3)C(=O)C=C(NC(=O)/C(C)=C/C=C\[C@H](OC)/C=C(\C)[C@@H](SC(=O)n3ccnc3)[C@H](C)[C@H]1O)C2=O. The number of methoxy groups -OCH3 is 2. The van der Waals surface area contributed by atoms with E-state index in [-0.39, 0.29) is 34.8 Å². The van der Waals surface area contributed by atoms with Gasteiger partial charge >= 0.3 is 0 Å². The second-order valence-corrected chi connectivity index (χ2v) is 13.3. The van der Waals surface area contributed by atoms with Gasteiger partial charge in [0.2, 0.25) is 11.6 Å². The Hall–Kier alpha value is -3.58. The third-order valence-electron chi connectivity index (χ3n) is 8.72. The monoisotopic (exact) mass is 652 g/mol. The number of hydrogen-bond acceptors (Lipinski definition) is 10. The lowest BCUT2D eigenvalue weighted by atomic mass is 9.83. The number of amides is 1. The molecule has 248 valence electrons. The van der Waals surface area contributed by atoms with E-state index in [1.54, 1.807) is 38.5 Å². The number of aliphatic hydroxyl groups is 1. The smallest absolute Gasteiger partial charge is 0.291 e. The number of nitrogens with one attached hydrogen (secondary N) is 1. The molecule has 1 aliphatic carbocycles. The van der Waals surface area contributed by atoms with Gasteiger partial charge in [-0.25, -0.2) is 4.98 Å². The topological polar surface area (TPSA) is 140 Å². The van der Waals surface area contributed by atoms with Crippen LogP contribution in [0.1, 0.15) is 47.0 Å². The van der Waals surface area contributed by atoms with Crippen LogP contribution in [0.3, 0.4) is 0 Å². The van der Waals surface area contributed by atoms with Gasteiger partial charge in [-0.3, -0.25) is 23.7 Å². The first-order valence-corrected chi connectivity index (χ1v) is 16.4. The van der Waals surface area contributed by atoms with Crippen molar-refractivity contribution in [3.05, 3.63) is 77.2 Å². The van der Waals surface area contributed by atoms with E-state index >= 15 is 0 Å². The Balaban J connectivity index is 1.74. The molecule has 4 rings (SSSR count). The molecule has 12 heteroatoms. The molecule has 0 saturated carbocycles. The van der Waals surface area contributed by atoms with Gasteiger partial charge in [0.15, 0.2) is 0 Å². The number of carbonyl (C=O) groups is 4. The van der Waals surface area contributed by atoms with Crippen molar-refractivity contribution in [3.63, 3.8) is 0 Å². The van der Waals surface area contributed by atoms with Crippen LogP contribution in [-0.2, 0) is 23.9 Å². The van der Waals surface area contributed by atoms with Crippen molar-refractivity contribution >= 4 is 34.5 Å². The Labute approximate surface area is 274 Å². The number of likely N-dealkylation sites (tertiary alicyclic amines) is 1. The Morgan fingerprint density at radius 1 is 1.13 bits per heavy atom. The van der Waals surface area contributed by atoms with Crippen molar-refractivity contribution in [3.8, 4) is 0 Å². The first-order chi connectivity index (χ1) is 21.9. The molecule has 1 amide bonds. The molecule has 46 heavy (non-hydrogen) atoms. The van der Waals surface area contributed by atoms with Crippen molar-refractivity contribution in [2.45, 2.75) is 70.5 Å². The summed E-state index contributed by atoms with van der Waals surface area (Å²) in [5.41, 5.74) is 1.83. The van der Waals surface area contributed by atoms with Crippen LogP contribution >= 0.6 is 11.8 Å². The van der Waals surface area contributed by atoms with Crippen LogP contribution < -0.4 is 5.32 Å². The van der Waals surface area contributed by atoms with E-state index in [0.29, 0.717) is 36.4 Å². The van der Waals surface area contributed by atoms with Gasteiger partial charge in [0.1, 0.15) is 6.33 Å². The van der Waals surface area contributed by atoms with Crippen molar-refractivity contribution in [1.29, 1.82) is 0 Å². The minimum atomic E-state index is -0.977. The van der Waals surface area contributed by atoms with Gasteiger partial charge in [-0.15, -0.1) is 0 Å². The molecule has 2 N–H and O–H groups in total. The highest BCUT2D eigenvalue weighted by Crippen LogP contribution is 2.35. The average Bonchev–Trinajstić information content (AvgIpc) is 3.55. The molecule has 2 bridgehead atoms. The largest absolute Gasteiger partial charge is 0.390 e. The first kappa shape index (κ1) is 35.3. The number of fused-ring (bicyclic) bond motifs is 2. The van der Waals surface area contributed by atoms with Crippen LogP contribution in [0.5, 0.6) is 0 Å². The van der Waals surface area contributed by atoms with Gasteiger partial charge in [-0.2, -0.15) is 0 Å². The maximum absolute atomic E-state index is 13.8. The fourth-order valence-electron chi connectivity index (χ4n) is 5.89. The zero-order valence-electron chi connectivity index (χ0n) is 27.3. The second-order valence-electron chi connectivity index (χ2n) is 12.2. The Morgan fingerprint density at radius 3 is 2.48 bits per heavy atom. The van der Waals surface area contributed by atoms with Crippen LogP contribution in [0, 0.1) is 11.8 Å². The number of ketones is 2. The van der Waals surface area contributed by atoms with Crippen LogP contribution in [0.15, 0.2) is 77.2 Å². The standard InChI is InChI=1S/C34H44N4O7S/c1-20-15-25-29(37-12-8-13-37)27(39)18-26(31(25)41)36-33(42)21(2)9-7-10-24(44-5)17-22(3)32(23(4)30(40)28(16-20)45-6)46-34(43)38-14-11-35-19-38/h7,9-11,14,17-20,23-24,28,30,32,40H,8,12-13,15-16H2,1-6H3,(H,36,42)/b10-7-,21-9+,22-17+/t20-,23-,24+,28+,30-,32-/m1/s1. The molecule has 0 unspecified atom stereocenters. The number of nitrogens with zero attached hydrogens (tertiary/aromatic N) is 3. The number of aromatic nitrogens is 2. The molecular formula is C34H44N4O7S. The Kier molecular flexibility index (Phi) is 12.1. The Bertz CT molecular complexity index is 1470. The molecule has 1 aromatic rings. The summed E-state index contributed by atoms with van der Waals surface area (Å²) >= 11 is 1.08. The van der Waals surface area contributed by atoms with E-state index < -0.39 is 35.4 Å². The first-order valence-electron chi connectivity index (χ1n) is 15.5. The number of imidazole rings is 1. The normalized spacial score (nSPS) is 31.7. The van der Waals surface area contributed by atoms with E-state index in [2.05, 4.69) is 10.3 Å². The predicted octanol–water partition coefficient (Wildman–Crippen LogP) is 3.97. The lowest BCUT2D eigenvalue weighted by Crippen LogP contribution is -2.43. The van der Waals surface area contributed by atoms with Crippen molar-refractivity contribution < 1.29 is 33.8 Å². The van der Waals surface area contributed by atoms with Gasteiger partial charge in [-0.1, -0.05) is 55.5 Å². The fourth-order valence-corrected chi connectivity index (χ4v) is 6.97. The fraction of sp³-hybridized carbons (Fsp3) is 0.500. The lowest BCUT2D eigenvalue weighted by Gasteiger charge is -2.37. The summed E-state index contributed by atoms with van der Waals surface area (Å²) in [4.78, 5) is 59.3. The van der Waals surface area contributed by atoms with Gasteiger partial charge in [0, 0.05) is 68.1 Å². The van der Waals surface area contributed by atoms with E-state index in [4.69, 9.17) is 9.47 Å². The molecule has 1 aromatic heterocycles. The molecule has 1 saturated heterocycles. The number of Topliss-reactive ketones (excluding diaryl/α,β-unsaturated/α-hetero) is 1. The molecule has 3 heterocycles. The van der Waals surface area contributed by atoms with Gasteiger partial charge in [-0.05, 0) is 39.0 Å². The zero-order chi connectivity index (χ0) is 33.5. The minimum Gasteiger partial charge on any atom is -0.390 e. The van der Waals surface area contributed by atoms with Crippen LogP contribution in [0.4, 0.5) is 4.79 Å². The quantitative estimate of drug-likeness (QED) is 0.363. The number of hydrogen-bond donors (Lipinski definition) is 2. The van der Waals surface area contributed by atoms with Crippen molar-refractivity contribution in [2.75, 3.05) is 27.3 Å². The summed E-state index contributed by atoms with van der Waals surface area (Å²) in [6.07, 6.45) is 12.1. The third-order valence-corrected chi connectivity index (χ3v) is 10.2. The summed E-state index contributed by atoms with van der Waals surface area (Å²) in [7, 11) is 3.08. The summed E-state index contributed by atoms with van der Waals surface area (Å²) in [6.45, 7) is 8.70. The summed E-state index contributed by atoms with van der Waals surface area (Å²) < 4.78 is 12.9. The summed E-state index contributed by atoms with van der Waals surface area (Å²) in [6, 6.07) is 0. The van der Waals surface area contributed by atoms with Gasteiger partial charge in [0.05, 0.1) is 29.7 Å². The predicted molar refractivity (Wildman–Crippen MR) is 176 cm³/mol. The van der Waals surface area contributed by atoms with Gasteiger partial charge < -0.3 is 24.8 Å². The number of rotatable bonds is 4. The van der Waals surface area contributed by atoms with Crippen LogP contribution in [0.25, 0.3) is 0 Å². The molecule has 0 radical (unpaired) electrons.